The molecule has 0 fully saturated rings. The van der Waals surface area contributed by atoms with E-state index < -0.39 is 10.1 Å². The summed E-state index contributed by atoms with van der Waals surface area (Å²) in [7, 11) is -4.11. The van der Waals surface area contributed by atoms with Crippen LogP contribution in [0, 0.1) is 0 Å². The summed E-state index contributed by atoms with van der Waals surface area (Å²) in [6.07, 6.45) is 1.20. The largest absolute Gasteiger partial charge is 0.287 e. The van der Waals surface area contributed by atoms with Gasteiger partial charge >= 0.3 is 0 Å². The van der Waals surface area contributed by atoms with E-state index in [9.17, 15) is 8.42 Å². The first-order valence-electron chi connectivity index (χ1n) is 3.48. The summed E-state index contributed by atoms with van der Waals surface area (Å²) >= 11 is 11.3. The van der Waals surface area contributed by atoms with Crippen molar-refractivity contribution in [3.8, 4) is 0 Å². The fourth-order valence-electron chi connectivity index (χ4n) is 0.836. The molecule has 1 aromatic rings. The van der Waals surface area contributed by atoms with Crippen molar-refractivity contribution in [1.29, 1.82) is 0 Å². The first-order valence-corrected chi connectivity index (χ1v) is 5.74. The summed E-state index contributed by atoms with van der Waals surface area (Å²) < 4.78 is 29.2. The van der Waals surface area contributed by atoms with Crippen LogP contribution in [0.5, 0.6) is 0 Å². The second kappa shape index (κ2) is 4.31. The van der Waals surface area contributed by atoms with Crippen molar-refractivity contribution < 1.29 is 13.0 Å². The first-order chi connectivity index (χ1) is 6.37. The zero-order chi connectivity index (χ0) is 10.8. The van der Waals surface area contributed by atoms with E-state index in [2.05, 4.69) is 0 Å². The molecule has 1 aromatic carbocycles. The molecule has 0 aliphatic rings. The van der Waals surface area contributed by atoms with Crippen molar-refractivity contribution >= 4 is 39.4 Å². The van der Waals surface area contributed by atoms with E-state index in [1.165, 1.54) is 24.3 Å². The number of halogens is 2. The Morgan fingerprint density at radius 3 is 2.07 bits per heavy atom. The molecule has 0 heterocycles. The highest BCUT2D eigenvalue weighted by Crippen LogP contribution is 2.19. The van der Waals surface area contributed by atoms with Gasteiger partial charge in [0.2, 0.25) is 0 Å². The van der Waals surface area contributed by atoms with E-state index >= 15 is 0 Å². The zero-order valence-corrected chi connectivity index (χ0v) is 9.14. The van der Waals surface area contributed by atoms with Crippen LogP contribution in [0.3, 0.4) is 0 Å². The minimum atomic E-state index is -4.11. The smallest absolute Gasteiger partial charge is 0.282 e. The van der Waals surface area contributed by atoms with Gasteiger partial charge in [0.25, 0.3) is 10.1 Å². The molecule has 0 aliphatic heterocycles. The molecule has 14 heavy (non-hydrogen) atoms. The molecule has 0 aliphatic carbocycles. The van der Waals surface area contributed by atoms with E-state index in [0.717, 1.165) is 0 Å². The molecule has 76 valence electrons. The second-order valence-electron chi connectivity index (χ2n) is 2.52. The van der Waals surface area contributed by atoms with Crippen molar-refractivity contribution in [2.45, 2.75) is 0 Å². The van der Waals surface area contributed by atoms with Gasteiger partial charge in [0, 0.05) is 10.0 Å². The Morgan fingerprint density at radius 1 is 1.14 bits per heavy atom. The summed E-state index contributed by atoms with van der Waals surface area (Å²) in [5.41, 5.74) is 0.500. The average Bonchev–Trinajstić information content (AvgIpc) is 1.97. The van der Waals surface area contributed by atoms with Crippen molar-refractivity contribution in [3.05, 3.63) is 39.2 Å². The van der Waals surface area contributed by atoms with Gasteiger partial charge in [-0.1, -0.05) is 23.2 Å². The highest BCUT2D eigenvalue weighted by molar-refractivity contribution is 7.88. The van der Waals surface area contributed by atoms with E-state index in [4.69, 9.17) is 27.8 Å². The fraction of sp³-hybridized carbons (Fsp3) is 0. The SMILES string of the molecule is O=S(=O)(O)/C=C/c1cc(Cl)cc(Cl)c1. The monoisotopic (exact) mass is 252 g/mol. The molecule has 0 atom stereocenters. The number of hydrogen-bond acceptors (Lipinski definition) is 2. The molecule has 0 radical (unpaired) electrons. The van der Waals surface area contributed by atoms with Crippen molar-refractivity contribution in [3.63, 3.8) is 0 Å². The van der Waals surface area contributed by atoms with Crippen LogP contribution in [0.25, 0.3) is 6.08 Å². The molecule has 0 saturated carbocycles. The molecule has 3 nitrogen and oxygen atoms in total. The fourth-order valence-corrected chi connectivity index (χ4v) is 1.71. The molecule has 0 aromatic heterocycles. The van der Waals surface area contributed by atoms with E-state index in [1.54, 1.807) is 0 Å². The Bertz CT molecular complexity index is 445. The first kappa shape index (κ1) is 11.5. The Balaban J connectivity index is 3.04. The van der Waals surface area contributed by atoms with E-state index in [0.29, 0.717) is 21.0 Å². The van der Waals surface area contributed by atoms with Gasteiger partial charge in [-0.2, -0.15) is 8.42 Å². The molecule has 0 bridgehead atoms. The van der Waals surface area contributed by atoms with Crippen LogP contribution >= 0.6 is 23.2 Å². The van der Waals surface area contributed by atoms with Crippen LogP contribution in [-0.2, 0) is 10.1 Å². The lowest BCUT2D eigenvalue weighted by atomic mass is 10.2. The average molecular weight is 253 g/mol. The number of benzene rings is 1. The van der Waals surface area contributed by atoms with Crippen LogP contribution in [0.15, 0.2) is 23.6 Å². The molecule has 0 spiro atoms. The van der Waals surface area contributed by atoms with E-state index in [-0.39, 0.29) is 0 Å². The van der Waals surface area contributed by atoms with Gasteiger partial charge in [-0.15, -0.1) is 0 Å². The second-order valence-corrected chi connectivity index (χ2v) is 4.70. The third-order valence-electron chi connectivity index (χ3n) is 1.32. The van der Waals surface area contributed by atoms with Gasteiger partial charge in [-0.25, -0.2) is 0 Å². The predicted octanol–water partition coefficient (Wildman–Crippen LogP) is 2.85. The van der Waals surface area contributed by atoms with Gasteiger partial charge < -0.3 is 0 Å². The molecule has 0 amide bonds. The summed E-state index contributed by atoms with van der Waals surface area (Å²) in [6, 6.07) is 4.57. The van der Waals surface area contributed by atoms with Gasteiger partial charge in [0.1, 0.15) is 0 Å². The maximum atomic E-state index is 10.4. The van der Waals surface area contributed by atoms with Gasteiger partial charge in [-0.05, 0) is 29.8 Å². The van der Waals surface area contributed by atoms with Gasteiger partial charge in [0.15, 0.2) is 0 Å². The van der Waals surface area contributed by atoms with Crippen LogP contribution in [0.4, 0.5) is 0 Å². The molecule has 6 heteroatoms. The maximum Gasteiger partial charge on any atom is 0.287 e. The quantitative estimate of drug-likeness (QED) is 0.824. The lowest BCUT2D eigenvalue weighted by Crippen LogP contribution is -1.88. The highest BCUT2D eigenvalue weighted by Gasteiger charge is 1.98. The standard InChI is InChI=1S/C8H6Cl2O3S/c9-7-3-6(4-8(10)5-7)1-2-14(11,12)13/h1-5H,(H,11,12,13)/b2-1+. The van der Waals surface area contributed by atoms with Crippen LogP contribution in [0.1, 0.15) is 5.56 Å². The summed E-state index contributed by atoms with van der Waals surface area (Å²) in [5.74, 6) is 0. The lowest BCUT2D eigenvalue weighted by molar-refractivity contribution is 0.494. The highest BCUT2D eigenvalue weighted by atomic mass is 35.5. The van der Waals surface area contributed by atoms with E-state index in [1.807, 2.05) is 0 Å². The molecule has 1 rings (SSSR count). The number of hydrogen-bond donors (Lipinski definition) is 1. The third-order valence-corrected chi connectivity index (χ3v) is 2.23. The normalized spacial score (nSPS) is 12.2. The Kier molecular flexibility index (Phi) is 3.55. The minimum Gasteiger partial charge on any atom is -0.282 e. The molecule has 0 saturated heterocycles. The van der Waals surface area contributed by atoms with Crippen molar-refractivity contribution in [1.82, 2.24) is 0 Å². The molecule has 0 unspecified atom stereocenters. The molecular weight excluding hydrogens is 247 g/mol. The van der Waals surface area contributed by atoms with Gasteiger partial charge in [-0.3, -0.25) is 4.55 Å². The minimum absolute atomic E-state index is 0.396. The molecule has 1 N–H and O–H groups in total. The topological polar surface area (TPSA) is 54.4 Å². The lowest BCUT2D eigenvalue weighted by Gasteiger charge is -1.96. The number of rotatable bonds is 2. The molecular formula is C8H6Cl2O3S. The third kappa shape index (κ3) is 4.11. The summed E-state index contributed by atoms with van der Waals surface area (Å²) in [4.78, 5) is 0. The van der Waals surface area contributed by atoms with Crippen molar-refractivity contribution in [2.75, 3.05) is 0 Å². The zero-order valence-electron chi connectivity index (χ0n) is 6.81. The van der Waals surface area contributed by atoms with Crippen LogP contribution in [-0.4, -0.2) is 13.0 Å². The van der Waals surface area contributed by atoms with Gasteiger partial charge in [0.05, 0.1) is 5.41 Å². The Morgan fingerprint density at radius 2 is 1.64 bits per heavy atom. The Hall–Kier alpha value is -0.550. The van der Waals surface area contributed by atoms with Crippen molar-refractivity contribution in [2.24, 2.45) is 0 Å². The summed E-state index contributed by atoms with van der Waals surface area (Å²) in [5, 5.41) is 1.45. The summed E-state index contributed by atoms with van der Waals surface area (Å²) in [6.45, 7) is 0. The predicted molar refractivity (Wildman–Crippen MR) is 57.0 cm³/mol. The van der Waals surface area contributed by atoms with Crippen LogP contribution < -0.4 is 0 Å². The van der Waals surface area contributed by atoms with Crippen LogP contribution in [0.2, 0.25) is 10.0 Å². The maximum absolute atomic E-state index is 10.4. The Labute approximate surface area is 91.7 Å².